The molecule has 114 valence electrons. The van der Waals surface area contributed by atoms with E-state index in [4.69, 9.17) is 4.74 Å². The minimum absolute atomic E-state index is 0.141. The minimum atomic E-state index is -0.667. The molecule has 0 aliphatic carbocycles. The number of hydrogen-bond donors (Lipinski definition) is 0. The number of carbonyl (C=O) groups excluding carboxylic acids is 2. The number of aryl methyl sites for hydroxylation is 2. The molecule has 2 bridgehead atoms. The number of fused-ring (bicyclic) bond motifs is 5. The molecule has 1 aromatic carbocycles. The first-order valence-corrected chi connectivity index (χ1v) is 7.62. The maximum atomic E-state index is 13.0. The second kappa shape index (κ2) is 3.87. The highest BCUT2D eigenvalue weighted by molar-refractivity contribution is 6.23. The van der Waals surface area contributed by atoms with Gasteiger partial charge in [0, 0.05) is 0 Å². The summed E-state index contributed by atoms with van der Waals surface area (Å²) in [5.41, 5.74) is 1.42. The first kappa shape index (κ1) is 13.7. The second-order valence-electron chi connectivity index (χ2n) is 7.06. The van der Waals surface area contributed by atoms with E-state index in [0.717, 1.165) is 11.1 Å². The Morgan fingerprint density at radius 3 is 2.05 bits per heavy atom. The molecule has 2 fully saturated rings. The van der Waals surface area contributed by atoms with E-state index in [0.29, 0.717) is 5.69 Å². The van der Waals surface area contributed by atoms with Crippen LogP contribution < -0.4 is 4.90 Å². The Kier molecular flexibility index (Phi) is 2.41. The molecule has 0 saturated carbocycles. The van der Waals surface area contributed by atoms with E-state index in [-0.39, 0.29) is 11.8 Å². The van der Waals surface area contributed by atoms with Crippen molar-refractivity contribution in [3.8, 4) is 0 Å². The maximum Gasteiger partial charge on any atom is 0.241 e. The smallest absolute Gasteiger partial charge is 0.241 e. The highest BCUT2D eigenvalue weighted by Crippen LogP contribution is 2.57. The topological polar surface area (TPSA) is 46.6 Å². The first-order chi connectivity index (χ1) is 10.3. The molecule has 2 saturated heterocycles. The Morgan fingerprint density at radius 2 is 1.55 bits per heavy atom. The molecule has 3 heterocycles. The van der Waals surface area contributed by atoms with Gasteiger partial charge >= 0.3 is 0 Å². The van der Waals surface area contributed by atoms with Crippen LogP contribution in [0.3, 0.4) is 0 Å². The quantitative estimate of drug-likeness (QED) is 0.591. The Balaban J connectivity index is 1.83. The van der Waals surface area contributed by atoms with Crippen molar-refractivity contribution in [2.45, 2.75) is 38.9 Å². The number of amides is 2. The van der Waals surface area contributed by atoms with Gasteiger partial charge in [-0.15, -0.1) is 0 Å². The van der Waals surface area contributed by atoms with Crippen LogP contribution in [0.1, 0.15) is 25.0 Å². The molecule has 4 nitrogen and oxygen atoms in total. The van der Waals surface area contributed by atoms with E-state index in [1.54, 1.807) is 0 Å². The lowest BCUT2D eigenvalue weighted by atomic mass is 9.73. The van der Waals surface area contributed by atoms with Gasteiger partial charge in [-0.05, 0) is 39.3 Å². The third kappa shape index (κ3) is 1.46. The molecule has 4 heteroatoms. The summed E-state index contributed by atoms with van der Waals surface area (Å²) >= 11 is 0. The number of ether oxygens (including phenoxy) is 1. The third-order valence-electron chi connectivity index (χ3n) is 5.32. The number of rotatable bonds is 1. The maximum absolute atomic E-state index is 13.0. The van der Waals surface area contributed by atoms with Gasteiger partial charge in [0.2, 0.25) is 11.8 Å². The molecule has 0 unspecified atom stereocenters. The summed E-state index contributed by atoms with van der Waals surface area (Å²) in [6, 6.07) is 5.79. The predicted molar refractivity (Wildman–Crippen MR) is 82.4 cm³/mol. The van der Waals surface area contributed by atoms with Gasteiger partial charge in [-0.25, -0.2) is 4.90 Å². The second-order valence-corrected chi connectivity index (χ2v) is 7.06. The lowest BCUT2D eigenvalue weighted by molar-refractivity contribution is -0.128. The molecule has 0 aromatic heterocycles. The zero-order valence-electron chi connectivity index (χ0n) is 13.2. The number of carbonyl (C=O) groups is 2. The van der Waals surface area contributed by atoms with Crippen LogP contribution in [0.2, 0.25) is 0 Å². The average molecular weight is 297 g/mol. The van der Waals surface area contributed by atoms with Crippen LogP contribution in [-0.2, 0) is 14.3 Å². The summed E-state index contributed by atoms with van der Waals surface area (Å²) in [6.07, 6.45) is 3.87. The van der Waals surface area contributed by atoms with Crippen molar-refractivity contribution in [3.05, 3.63) is 41.5 Å². The van der Waals surface area contributed by atoms with Gasteiger partial charge in [-0.3, -0.25) is 9.59 Å². The molecule has 3 aliphatic heterocycles. The van der Waals surface area contributed by atoms with Gasteiger partial charge in [-0.2, -0.15) is 0 Å². The Morgan fingerprint density at radius 1 is 1.00 bits per heavy atom. The summed E-state index contributed by atoms with van der Waals surface area (Å²) in [7, 11) is 0. The monoisotopic (exact) mass is 297 g/mol. The molecule has 2 amide bonds. The zero-order chi connectivity index (χ0) is 15.9. The van der Waals surface area contributed by atoms with E-state index in [1.807, 2.05) is 58.0 Å². The Bertz CT molecular complexity index is 717. The van der Waals surface area contributed by atoms with Crippen LogP contribution >= 0.6 is 0 Å². The fourth-order valence-corrected chi connectivity index (χ4v) is 4.32. The highest BCUT2D eigenvalue weighted by Gasteiger charge is 2.70. The number of benzene rings is 1. The summed E-state index contributed by atoms with van der Waals surface area (Å²) in [4.78, 5) is 27.3. The van der Waals surface area contributed by atoms with Gasteiger partial charge in [0.15, 0.2) is 0 Å². The molecule has 0 N–H and O–H groups in total. The Labute approximate surface area is 129 Å². The van der Waals surface area contributed by atoms with Crippen LogP contribution in [0.25, 0.3) is 0 Å². The van der Waals surface area contributed by atoms with Crippen LogP contribution in [-0.4, -0.2) is 23.0 Å². The standard InChI is InChI=1S/C18H19NO3/c1-10-5-6-12(11(2)9-10)19-15(20)13-14(16(19)21)18(4)8-7-17(13,3)22-18/h5-9,13-14H,1-4H3/t13-,14-,17+,18+/m1/s1. The molecule has 0 radical (unpaired) electrons. The van der Waals surface area contributed by atoms with Crippen LogP contribution in [0.5, 0.6) is 0 Å². The van der Waals surface area contributed by atoms with Crippen LogP contribution in [0.15, 0.2) is 30.4 Å². The molecule has 0 spiro atoms. The predicted octanol–water partition coefficient (Wildman–Crippen LogP) is 2.53. The summed E-state index contributed by atoms with van der Waals surface area (Å²) in [5.74, 6) is -1.12. The van der Waals surface area contributed by atoms with E-state index in [2.05, 4.69) is 0 Å². The molecular weight excluding hydrogens is 278 g/mol. The van der Waals surface area contributed by atoms with Crippen molar-refractivity contribution in [1.82, 2.24) is 0 Å². The van der Waals surface area contributed by atoms with Crippen molar-refractivity contribution < 1.29 is 14.3 Å². The number of nitrogens with zero attached hydrogens (tertiary/aromatic N) is 1. The number of hydrogen-bond acceptors (Lipinski definition) is 3. The van der Waals surface area contributed by atoms with Gasteiger partial charge in [0.1, 0.15) is 0 Å². The molecule has 22 heavy (non-hydrogen) atoms. The van der Waals surface area contributed by atoms with Gasteiger partial charge in [0.05, 0.1) is 28.7 Å². The summed E-state index contributed by atoms with van der Waals surface area (Å²) in [5, 5.41) is 0. The van der Waals surface area contributed by atoms with E-state index in [1.165, 1.54) is 4.90 Å². The highest BCUT2D eigenvalue weighted by atomic mass is 16.5. The van der Waals surface area contributed by atoms with E-state index in [9.17, 15) is 9.59 Å². The summed E-state index contributed by atoms with van der Waals surface area (Å²) in [6.45, 7) is 7.73. The van der Waals surface area contributed by atoms with Crippen molar-refractivity contribution in [3.63, 3.8) is 0 Å². The van der Waals surface area contributed by atoms with E-state index < -0.39 is 23.0 Å². The first-order valence-electron chi connectivity index (χ1n) is 7.62. The molecule has 3 aliphatic rings. The normalized spacial score (nSPS) is 39.0. The van der Waals surface area contributed by atoms with Gasteiger partial charge < -0.3 is 4.74 Å². The number of imide groups is 1. The molecule has 1 aromatic rings. The van der Waals surface area contributed by atoms with Crippen molar-refractivity contribution >= 4 is 17.5 Å². The van der Waals surface area contributed by atoms with Crippen LogP contribution in [0, 0.1) is 25.7 Å². The lowest BCUT2D eigenvalue weighted by Crippen LogP contribution is -2.39. The molecular formula is C18H19NO3. The largest absolute Gasteiger partial charge is 0.359 e. The van der Waals surface area contributed by atoms with Crippen molar-refractivity contribution in [2.24, 2.45) is 11.8 Å². The third-order valence-corrected chi connectivity index (χ3v) is 5.32. The van der Waals surface area contributed by atoms with E-state index >= 15 is 0 Å². The average Bonchev–Trinajstić information content (AvgIpc) is 2.97. The van der Waals surface area contributed by atoms with Crippen molar-refractivity contribution in [1.29, 1.82) is 0 Å². The lowest BCUT2D eigenvalue weighted by Gasteiger charge is -2.26. The fraction of sp³-hybridized carbons (Fsp3) is 0.444. The SMILES string of the molecule is Cc1ccc(N2C(=O)[C@H]3[C@H](C2=O)[C@]2(C)C=C[C@]3(C)O2)c(C)c1. The van der Waals surface area contributed by atoms with Crippen molar-refractivity contribution in [2.75, 3.05) is 4.90 Å². The molecule has 4 atom stereocenters. The van der Waals surface area contributed by atoms with Crippen LogP contribution in [0.4, 0.5) is 5.69 Å². The van der Waals surface area contributed by atoms with Gasteiger partial charge in [0.25, 0.3) is 0 Å². The minimum Gasteiger partial charge on any atom is -0.359 e. The molecule has 4 rings (SSSR count). The fourth-order valence-electron chi connectivity index (χ4n) is 4.32. The summed E-state index contributed by atoms with van der Waals surface area (Å²) < 4.78 is 6.01. The Hall–Kier alpha value is -1.94. The zero-order valence-corrected chi connectivity index (χ0v) is 13.2. The van der Waals surface area contributed by atoms with Gasteiger partial charge in [-0.1, -0.05) is 29.8 Å². The number of anilines is 1.